The van der Waals surface area contributed by atoms with Crippen molar-refractivity contribution in [2.45, 2.75) is 4.83 Å². The van der Waals surface area contributed by atoms with Gasteiger partial charge in [0.1, 0.15) is 5.82 Å². The lowest BCUT2D eigenvalue weighted by molar-refractivity contribution is 0.620. The summed E-state index contributed by atoms with van der Waals surface area (Å²) in [7, 11) is 0. The molecule has 21 heavy (non-hydrogen) atoms. The highest BCUT2D eigenvalue weighted by molar-refractivity contribution is 9.10. The number of fused-ring (bicyclic) bond motifs is 1. The van der Waals surface area contributed by atoms with Crippen molar-refractivity contribution in [2.75, 3.05) is 0 Å². The zero-order valence-electron chi connectivity index (χ0n) is 10.8. The van der Waals surface area contributed by atoms with Crippen LogP contribution < -0.4 is 0 Å². The van der Waals surface area contributed by atoms with Crippen LogP contribution in [-0.2, 0) is 0 Å². The molecule has 0 amide bonds. The molecule has 4 heteroatoms. The van der Waals surface area contributed by atoms with E-state index in [2.05, 4.69) is 78.1 Å². The molecular formula is C17H10Br3F. The Morgan fingerprint density at radius 3 is 2.14 bits per heavy atom. The van der Waals surface area contributed by atoms with Gasteiger partial charge in [-0.15, -0.1) is 0 Å². The predicted molar refractivity (Wildman–Crippen MR) is 96.5 cm³/mol. The number of benzene rings is 3. The molecule has 0 N–H and O–H groups in total. The van der Waals surface area contributed by atoms with E-state index in [-0.39, 0.29) is 10.6 Å². The van der Waals surface area contributed by atoms with E-state index in [0.29, 0.717) is 4.47 Å². The lowest BCUT2D eigenvalue weighted by Crippen LogP contribution is -1.94. The van der Waals surface area contributed by atoms with Gasteiger partial charge in [0.25, 0.3) is 0 Å². The summed E-state index contributed by atoms with van der Waals surface area (Å²) in [6.07, 6.45) is 0. The van der Waals surface area contributed by atoms with Gasteiger partial charge in [-0.05, 0) is 68.2 Å². The first kappa shape index (κ1) is 15.2. The maximum absolute atomic E-state index is 13.3. The molecule has 1 atom stereocenters. The standard InChI is InChI=1S/C17H10Br3F/c18-14-5-3-10-7-12(2-1-11(10)8-14)17(20)13-4-6-16(21)15(19)9-13/h1-9,17H. The largest absolute Gasteiger partial charge is 0.206 e. The van der Waals surface area contributed by atoms with Crippen LogP contribution in [0, 0.1) is 5.82 Å². The van der Waals surface area contributed by atoms with E-state index in [4.69, 9.17) is 0 Å². The third kappa shape index (κ3) is 3.22. The molecule has 3 aromatic rings. The van der Waals surface area contributed by atoms with E-state index in [1.165, 1.54) is 16.8 Å². The molecule has 0 aromatic heterocycles. The number of halogens is 4. The Kier molecular flexibility index (Phi) is 4.48. The minimum Gasteiger partial charge on any atom is -0.206 e. The summed E-state index contributed by atoms with van der Waals surface area (Å²) >= 11 is 10.4. The normalized spacial score (nSPS) is 12.6. The summed E-state index contributed by atoms with van der Waals surface area (Å²) in [5.74, 6) is -0.248. The van der Waals surface area contributed by atoms with Gasteiger partial charge in [0.15, 0.2) is 0 Å². The first-order chi connectivity index (χ1) is 10.0. The molecule has 0 saturated carbocycles. The topological polar surface area (TPSA) is 0 Å². The molecule has 0 radical (unpaired) electrons. The Bertz CT molecular complexity index is 814. The quantitative estimate of drug-likeness (QED) is 0.353. The minimum atomic E-state index is -0.248. The average molecular weight is 473 g/mol. The maximum atomic E-state index is 13.3. The first-order valence-corrected chi connectivity index (χ1v) is 8.83. The van der Waals surface area contributed by atoms with Crippen LogP contribution >= 0.6 is 47.8 Å². The fourth-order valence-electron chi connectivity index (χ4n) is 2.26. The van der Waals surface area contributed by atoms with Crippen molar-refractivity contribution in [3.8, 4) is 0 Å². The predicted octanol–water partition coefficient (Wildman–Crippen LogP) is 6.99. The summed E-state index contributed by atoms with van der Waals surface area (Å²) in [6.45, 7) is 0. The van der Waals surface area contributed by atoms with Crippen LogP contribution in [0.4, 0.5) is 4.39 Å². The van der Waals surface area contributed by atoms with Crippen LogP contribution in [0.2, 0.25) is 0 Å². The first-order valence-electron chi connectivity index (χ1n) is 6.33. The Hall–Kier alpha value is -0.710. The molecule has 3 aromatic carbocycles. The highest BCUT2D eigenvalue weighted by Gasteiger charge is 2.12. The molecule has 0 heterocycles. The summed E-state index contributed by atoms with van der Waals surface area (Å²) in [5, 5.41) is 2.37. The van der Waals surface area contributed by atoms with Crippen molar-refractivity contribution < 1.29 is 4.39 Å². The van der Waals surface area contributed by atoms with Gasteiger partial charge < -0.3 is 0 Å². The van der Waals surface area contributed by atoms with Crippen LogP contribution in [0.25, 0.3) is 10.8 Å². The van der Waals surface area contributed by atoms with E-state index in [1.54, 1.807) is 12.1 Å². The SMILES string of the molecule is Fc1ccc(C(Br)c2ccc3cc(Br)ccc3c2)cc1Br. The molecule has 106 valence electrons. The Labute approximate surface area is 147 Å². The highest BCUT2D eigenvalue weighted by Crippen LogP contribution is 2.34. The number of hydrogen-bond acceptors (Lipinski definition) is 0. The van der Waals surface area contributed by atoms with E-state index in [0.717, 1.165) is 15.6 Å². The van der Waals surface area contributed by atoms with Gasteiger partial charge in [-0.3, -0.25) is 0 Å². The number of hydrogen-bond donors (Lipinski definition) is 0. The third-order valence-corrected chi connectivity index (χ3v) is 5.51. The smallest absolute Gasteiger partial charge is 0.137 e. The number of alkyl halides is 1. The van der Waals surface area contributed by atoms with E-state index < -0.39 is 0 Å². The van der Waals surface area contributed by atoms with Crippen LogP contribution in [-0.4, -0.2) is 0 Å². The van der Waals surface area contributed by atoms with Gasteiger partial charge >= 0.3 is 0 Å². The molecule has 0 aliphatic carbocycles. The highest BCUT2D eigenvalue weighted by atomic mass is 79.9. The molecule has 0 bridgehead atoms. The summed E-state index contributed by atoms with van der Waals surface area (Å²) in [6, 6.07) is 17.6. The second-order valence-electron chi connectivity index (χ2n) is 4.79. The minimum absolute atomic E-state index is 0.0300. The lowest BCUT2D eigenvalue weighted by atomic mass is 10.0. The van der Waals surface area contributed by atoms with Crippen molar-refractivity contribution in [1.29, 1.82) is 0 Å². The second kappa shape index (κ2) is 6.19. The summed E-state index contributed by atoms with van der Waals surface area (Å²) in [4.78, 5) is 0.0300. The third-order valence-electron chi connectivity index (χ3n) is 3.36. The van der Waals surface area contributed by atoms with Gasteiger partial charge in [0.05, 0.1) is 9.30 Å². The molecule has 0 nitrogen and oxygen atoms in total. The van der Waals surface area contributed by atoms with Crippen molar-refractivity contribution in [3.05, 3.63) is 80.5 Å². The van der Waals surface area contributed by atoms with E-state index >= 15 is 0 Å². The number of rotatable bonds is 2. The van der Waals surface area contributed by atoms with Gasteiger partial charge in [0.2, 0.25) is 0 Å². The van der Waals surface area contributed by atoms with Crippen LogP contribution in [0.5, 0.6) is 0 Å². The van der Waals surface area contributed by atoms with E-state index in [9.17, 15) is 4.39 Å². The van der Waals surface area contributed by atoms with Crippen LogP contribution in [0.15, 0.2) is 63.5 Å². The zero-order chi connectivity index (χ0) is 15.0. The Morgan fingerprint density at radius 2 is 1.38 bits per heavy atom. The molecule has 0 aliphatic rings. The summed E-state index contributed by atoms with van der Waals surface area (Å²) in [5.41, 5.74) is 2.16. The molecule has 0 saturated heterocycles. The lowest BCUT2D eigenvalue weighted by Gasteiger charge is -2.12. The van der Waals surface area contributed by atoms with Crippen molar-refractivity contribution in [3.63, 3.8) is 0 Å². The van der Waals surface area contributed by atoms with Gasteiger partial charge in [-0.25, -0.2) is 4.39 Å². The van der Waals surface area contributed by atoms with Gasteiger partial charge in [-0.1, -0.05) is 56.1 Å². The monoisotopic (exact) mass is 470 g/mol. The van der Waals surface area contributed by atoms with Crippen molar-refractivity contribution in [2.24, 2.45) is 0 Å². The van der Waals surface area contributed by atoms with E-state index in [1.807, 2.05) is 6.07 Å². The van der Waals surface area contributed by atoms with Crippen molar-refractivity contribution in [1.82, 2.24) is 0 Å². The molecule has 0 fully saturated rings. The molecule has 0 spiro atoms. The zero-order valence-corrected chi connectivity index (χ0v) is 15.5. The van der Waals surface area contributed by atoms with Crippen molar-refractivity contribution >= 4 is 58.6 Å². The van der Waals surface area contributed by atoms with Crippen LogP contribution in [0.3, 0.4) is 0 Å². The molecular weight excluding hydrogens is 463 g/mol. The maximum Gasteiger partial charge on any atom is 0.137 e. The summed E-state index contributed by atoms with van der Waals surface area (Å²) < 4.78 is 14.9. The van der Waals surface area contributed by atoms with Crippen LogP contribution in [0.1, 0.15) is 16.0 Å². The Morgan fingerprint density at radius 1 is 0.762 bits per heavy atom. The molecule has 1 unspecified atom stereocenters. The fraction of sp³-hybridized carbons (Fsp3) is 0.0588. The Balaban J connectivity index is 2.02. The average Bonchev–Trinajstić information content (AvgIpc) is 2.49. The second-order valence-corrected chi connectivity index (χ2v) is 7.47. The van der Waals surface area contributed by atoms with Gasteiger partial charge in [0, 0.05) is 4.47 Å². The fourth-order valence-corrected chi connectivity index (χ4v) is 3.60. The molecule has 0 aliphatic heterocycles. The molecule has 3 rings (SSSR count). The van der Waals surface area contributed by atoms with Gasteiger partial charge in [-0.2, -0.15) is 0 Å².